The first-order chi connectivity index (χ1) is 12.3. The van der Waals surface area contributed by atoms with Gasteiger partial charge in [0, 0.05) is 6.42 Å². The van der Waals surface area contributed by atoms with Crippen LogP contribution in [-0.4, -0.2) is 44.4 Å². The Morgan fingerprint density at radius 1 is 1.19 bits per heavy atom. The highest BCUT2D eigenvalue weighted by Crippen LogP contribution is 2.21. The van der Waals surface area contributed by atoms with Gasteiger partial charge in [0.2, 0.25) is 5.91 Å². The Hall–Kier alpha value is -2.29. The van der Waals surface area contributed by atoms with Gasteiger partial charge in [0.15, 0.2) is 15.9 Å². The van der Waals surface area contributed by atoms with Gasteiger partial charge in [-0.3, -0.25) is 20.4 Å². The van der Waals surface area contributed by atoms with Crippen molar-refractivity contribution < 1.29 is 27.5 Å². The molecule has 2 amide bonds. The predicted octanol–water partition coefficient (Wildman–Crippen LogP) is 0.825. The molecule has 2 atom stereocenters. The van der Waals surface area contributed by atoms with E-state index in [4.69, 9.17) is 9.47 Å². The molecule has 26 heavy (non-hydrogen) atoms. The lowest BCUT2D eigenvalue weighted by molar-refractivity contribution is -0.133. The Bertz CT molecular complexity index is 732. The summed E-state index contributed by atoms with van der Waals surface area (Å²) in [5, 5.41) is 0. The molecular formula is C17H24N2O6S. The molecule has 1 heterocycles. The predicted molar refractivity (Wildman–Crippen MR) is 95.4 cm³/mol. The van der Waals surface area contributed by atoms with Crippen LogP contribution < -0.4 is 20.3 Å². The van der Waals surface area contributed by atoms with E-state index in [1.807, 2.05) is 6.92 Å². The second-order valence-electron chi connectivity index (χ2n) is 6.18. The Labute approximate surface area is 153 Å². The number of rotatable bonds is 7. The van der Waals surface area contributed by atoms with Crippen molar-refractivity contribution in [2.45, 2.75) is 32.8 Å². The average molecular weight is 384 g/mol. The second kappa shape index (κ2) is 8.88. The topological polar surface area (TPSA) is 111 Å². The third-order valence-corrected chi connectivity index (χ3v) is 5.78. The smallest absolute Gasteiger partial charge is 0.279 e. The third-order valence-electron chi connectivity index (χ3n) is 3.94. The minimum absolute atomic E-state index is 0.0195. The largest absolute Gasteiger partial charge is 0.494 e. The van der Waals surface area contributed by atoms with Crippen LogP contribution in [0.25, 0.3) is 0 Å². The van der Waals surface area contributed by atoms with Crippen molar-refractivity contribution in [2.24, 2.45) is 5.92 Å². The van der Waals surface area contributed by atoms with Crippen molar-refractivity contribution in [3.63, 3.8) is 0 Å². The molecule has 9 heteroatoms. The molecule has 0 radical (unpaired) electrons. The molecule has 1 aliphatic heterocycles. The molecule has 1 aromatic carbocycles. The maximum absolute atomic E-state index is 12.0. The van der Waals surface area contributed by atoms with E-state index in [-0.39, 0.29) is 23.8 Å². The van der Waals surface area contributed by atoms with E-state index in [1.165, 1.54) is 0 Å². The van der Waals surface area contributed by atoms with Crippen molar-refractivity contribution in [2.75, 3.05) is 18.1 Å². The van der Waals surface area contributed by atoms with Gasteiger partial charge in [-0.25, -0.2) is 8.42 Å². The molecule has 144 valence electrons. The van der Waals surface area contributed by atoms with E-state index >= 15 is 0 Å². The summed E-state index contributed by atoms with van der Waals surface area (Å²) in [4.78, 5) is 23.8. The van der Waals surface area contributed by atoms with Gasteiger partial charge < -0.3 is 9.47 Å². The molecule has 1 saturated heterocycles. The zero-order valence-corrected chi connectivity index (χ0v) is 15.7. The van der Waals surface area contributed by atoms with Gasteiger partial charge in [0.1, 0.15) is 11.5 Å². The first-order valence-electron chi connectivity index (χ1n) is 8.47. The Morgan fingerprint density at radius 2 is 1.85 bits per heavy atom. The minimum Gasteiger partial charge on any atom is -0.494 e. The number of ether oxygens (including phenoxy) is 2. The number of sulfone groups is 1. The van der Waals surface area contributed by atoms with E-state index in [0.717, 1.165) is 0 Å². The maximum atomic E-state index is 12.0. The lowest BCUT2D eigenvalue weighted by Crippen LogP contribution is -2.47. The third kappa shape index (κ3) is 6.21. The van der Waals surface area contributed by atoms with Crippen LogP contribution in [-0.2, 0) is 19.4 Å². The highest BCUT2D eigenvalue weighted by Gasteiger charge is 2.29. The fourth-order valence-electron chi connectivity index (χ4n) is 2.62. The van der Waals surface area contributed by atoms with Crippen LogP contribution in [0.4, 0.5) is 0 Å². The van der Waals surface area contributed by atoms with Gasteiger partial charge >= 0.3 is 0 Å². The van der Waals surface area contributed by atoms with Crippen molar-refractivity contribution in [3.05, 3.63) is 24.3 Å². The molecule has 1 aromatic rings. The number of benzene rings is 1. The maximum Gasteiger partial charge on any atom is 0.279 e. The van der Waals surface area contributed by atoms with Gasteiger partial charge in [0.05, 0.1) is 18.1 Å². The first-order valence-corrected chi connectivity index (χ1v) is 10.3. The molecule has 0 saturated carbocycles. The number of hydrogen-bond acceptors (Lipinski definition) is 6. The summed E-state index contributed by atoms with van der Waals surface area (Å²) in [5.41, 5.74) is 4.59. The zero-order chi connectivity index (χ0) is 19.2. The van der Waals surface area contributed by atoms with Crippen LogP contribution >= 0.6 is 0 Å². The van der Waals surface area contributed by atoms with Crippen molar-refractivity contribution in [1.29, 1.82) is 0 Å². The summed E-state index contributed by atoms with van der Waals surface area (Å²) in [5.74, 6) is 0.210. The molecule has 1 aliphatic rings. The summed E-state index contributed by atoms with van der Waals surface area (Å²) >= 11 is 0. The molecule has 0 unspecified atom stereocenters. The molecule has 0 aliphatic carbocycles. The fourth-order valence-corrected chi connectivity index (χ4v) is 4.48. The number of amides is 2. The van der Waals surface area contributed by atoms with Gasteiger partial charge in [-0.15, -0.1) is 0 Å². The molecular weight excluding hydrogens is 360 g/mol. The van der Waals surface area contributed by atoms with Crippen molar-refractivity contribution in [3.8, 4) is 11.5 Å². The lowest BCUT2D eigenvalue weighted by Gasteiger charge is -2.16. The Morgan fingerprint density at radius 3 is 2.42 bits per heavy atom. The fraction of sp³-hybridized carbons (Fsp3) is 0.529. The second-order valence-corrected chi connectivity index (χ2v) is 8.40. The van der Waals surface area contributed by atoms with Gasteiger partial charge in [-0.05, 0) is 50.5 Å². The SMILES string of the molecule is CCOc1ccc(O[C@H](C)C(=O)NNC(=O)C[C@@H]2CCS(=O)(=O)C2)cc1. The van der Waals surface area contributed by atoms with Gasteiger partial charge in [0.25, 0.3) is 5.91 Å². The van der Waals surface area contributed by atoms with Crippen LogP contribution in [0.3, 0.4) is 0 Å². The minimum atomic E-state index is -3.02. The molecule has 2 N–H and O–H groups in total. The Balaban J connectivity index is 1.73. The summed E-state index contributed by atoms with van der Waals surface area (Å²) in [6, 6.07) is 6.85. The van der Waals surface area contributed by atoms with Crippen LogP contribution in [0, 0.1) is 5.92 Å². The van der Waals surface area contributed by atoms with Crippen LogP contribution in [0.5, 0.6) is 11.5 Å². The summed E-state index contributed by atoms with van der Waals surface area (Å²) in [7, 11) is -3.02. The summed E-state index contributed by atoms with van der Waals surface area (Å²) in [6.45, 7) is 4.00. The van der Waals surface area contributed by atoms with E-state index < -0.39 is 27.8 Å². The summed E-state index contributed by atoms with van der Waals surface area (Å²) < 4.78 is 33.6. The van der Waals surface area contributed by atoms with E-state index in [1.54, 1.807) is 31.2 Å². The molecule has 2 rings (SSSR count). The molecule has 8 nitrogen and oxygen atoms in total. The first kappa shape index (κ1) is 20.0. The van der Waals surface area contributed by atoms with Crippen molar-refractivity contribution in [1.82, 2.24) is 10.9 Å². The number of carbonyl (C=O) groups is 2. The lowest BCUT2D eigenvalue weighted by atomic mass is 10.1. The highest BCUT2D eigenvalue weighted by atomic mass is 32.2. The number of hydrazine groups is 1. The average Bonchev–Trinajstić information content (AvgIpc) is 2.93. The van der Waals surface area contributed by atoms with Crippen molar-refractivity contribution >= 4 is 21.7 Å². The molecule has 0 bridgehead atoms. The van der Waals surface area contributed by atoms with Crippen LogP contribution in [0.1, 0.15) is 26.7 Å². The number of carbonyl (C=O) groups excluding carboxylic acids is 2. The zero-order valence-electron chi connectivity index (χ0n) is 14.9. The van der Waals surface area contributed by atoms with Crippen LogP contribution in [0.2, 0.25) is 0 Å². The Kier molecular flexibility index (Phi) is 6.84. The normalized spacial score (nSPS) is 19.4. The molecule has 1 fully saturated rings. The highest BCUT2D eigenvalue weighted by molar-refractivity contribution is 7.91. The quantitative estimate of drug-likeness (QED) is 0.674. The van der Waals surface area contributed by atoms with E-state index in [2.05, 4.69) is 10.9 Å². The monoisotopic (exact) mass is 384 g/mol. The molecule has 0 spiro atoms. The summed E-state index contributed by atoms with van der Waals surface area (Å²) in [6.07, 6.45) is -0.283. The van der Waals surface area contributed by atoms with E-state index in [0.29, 0.717) is 24.5 Å². The van der Waals surface area contributed by atoms with Gasteiger partial charge in [-0.2, -0.15) is 0 Å². The van der Waals surface area contributed by atoms with E-state index in [9.17, 15) is 18.0 Å². The standard InChI is InChI=1S/C17H24N2O6S/c1-3-24-14-4-6-15(7-5-14)25-12(2)17(21)19-18-16(20)10-13-8-9-26(22,23)11-13/h4-7,12-13H,3,8-11H2,1-2H3,(H,18,20)(H,19,21)/t12-,13+/m1/s1. The number of hydrogen-bond donors (Lipinski definition) is 2. The van der Waals surface area contributed by atoms with Crippen LogP contribution in [0.15, 0.2) is 24.3 Å². The number of nitrogens with one attached hydrogen (secondary N) is 2. The molecule has 0 aromatic heterocycles. The van der Waals surface area contributed by atoms with Gasteiger partial charge in [-0.1, -0.05) is 0 Å².